The predicted octanol–water partition coefficient (Wildman–Crippen LogP) is 6.54. The summed E-state index contributed by atoms with van der Waals surface area (Å²) in [5.41, 5.74) is 4.58. The first-order chi connectivity index (χ1) is 20.7. The summed E-state index contributed by atoms with van der Waals surface area (Å²) in [5.74, 6) is 0.625. The molecule has 3 atom stereocenters. The Morgan fingerprint density at radius 1 is 1.09 bits per heavy atom. The maximum atomic E-state index is 13.7. The van der Waals surface area contributed by atoms with Crippen LogP contribution in [0.2, 0.25) is 0 Å². The molecule has 2 aliphatic rings. The Morgan fingerprint density at radius 3 is 2.40 bits per heavy atom. The number of hydrogen-bond acceptors (Lipinski definition) is 4. The van der Waals surface area contributed by atoms with Gasteiger partial charge >= 0.3 is 6.03 Å². The van der Waals surface area contributed by atoms with Crippen molar-refractivity contribution in [2.24, 2.45) is 5.92 Å². The number of rotatable bonds is 11. The summed E-state index contributed by atoms with van der Waals surface area (Å²) >= 11 is 0. The third kappa shape index (κ3) is 7.77. The average molecular weight is 584 g/mol. The van der Waals surface area contributed by atoms with Gasteiger partial charge in [-0.15, -0.1) is 0 Å². The van der Waals surface area contributed by atoms with E-state index in [1.165, 1.54) is 11.1 Å². The molecule has 0 aliphatic carbocycles. The number of nitrogens with zero attached hydrogens (tertiary/aromatic N) is 4. The molecule has 7 heteroatoms. The molecule has 4 rings (SSSR count). The first-order valence-electron chi connectivity index (χ1n) is 15.7. The molecule has 230 valence electrons. The van der Waals surface area contributed by atoms with Crippen LogP contribution < -0.4 is 5.32 Å². The Kier molecular flexibility index (Phi) is 11.2. The molecule has 2 saturated heterocycles. The lowest BCUT2D eigenvalue weighted by Crippen LogP contribution is -2.74. The maximum absolute atomic E-state index is 13.7. The van der Waals surface area contributed by atoms with E-state index in [0.29, 0.717) is 19.0 Å². The second-order valence-electron chi connectivity index (χ2n) is 12.0. The largest absolute Gasteiger partial charge is 0.370 e. The standard InChI is InChI=1S/C36H49N5O2/c1-7-9-18-30(8-2)32(31-19-14-11-15-20-31)21-22-39-25-34-40(33(28(39)5)23-27(3)4)35(42)26-38(6)41(34)36(43)37-24-29-16-12-10-13-17-29/h8-20,27,32-34H,5,7,21-26H2,1-4,6H3,(H,37,43)/b18-9-,30-8+/t32?,33-,34?/m0/s1. The smallest absolute Gasteiger partial charge is 0.334 e. The molecule has 2 heterocycles. The van der Waals surface area contributed by atoms with Crippen LogP contribution in [-0.4, -0.2) is 70.6 Å². The van der Waals surface area contributed by atoms with Crippen LogP contribution in [0, 0.1) is 5.92 Å². The Hall–Kier alpha value is -3.84. The zero-order chi connectivity index (χ0) is 30.9. The monoisotopic (exact) mass is 583 g/mol. The van der Waals surface area contributed by atoms with Gasteiger partial charge in [-0.1, -0.05) is 106 Å². The normalized spacial score (nSPS) is 20.6. The summed E-state index contributed by atoms with van der Waals surface area (Å²) in [7, 11) is 1.83. The number of amides is 3. The lowest BCUT2D eigenvalue weighted by Gasteiger charge is -2.56. The number of carbonyl (C=O) groups excluding carboxylic acids is 2. The molecular formula is C36H49N5O2. The number of hydrazine groups is 1. The lowest BCUT2D eigenvalue weighted by atomic mass is 9.87. The number of hydrogen-bond donors (Lipinski definition) is 1. The number of carbonyl (C=O) groups is 2. The first-order valence-corrected chi connectivity index (χ1v) is 15.7. The summed E-state index contributed by atoms with van der Waals surface area (Å²) in [5, 5.41) is 6.60. The highest BCUT2D eigenvalue weighted by atomic mass is 16.2. The molecular weight excluding hydrogens is 534 g/mol. The van der Waals surface area contributed by atoms with Crippen LogP contribution in [0.15, 0.2) is 96.7 Å². The molecule has 3 amide bonds. The third-order valence-electron chi connectivity index (χ3n) is 8.49. The van der Waals surface area contributed by atoms with E-state index >= 15 is 0 Å². The van der Waals surface area contributed by atoms with Gasteiger partial charge in [0.05, 0.1) is 19.1 Å². The van der Waals surface area contributed by atoms with Gasteiger partial charge in [0, 0.05) is 31.8 Å². The molecule has 0 saturated carbocycles. The quantitative estimate of drug-likeness (QED) is 0.305. The molecule has 0 aromatic heterocycles. The highest BCUT2D eigenvalue weighted by Crippen LogP contribution is 2.35. The fraction of sp³-hybridized carbons (Fsp3) is 0.444. The predicted molar refractivity (Wildman–Crippen MR) is 175 cm³/mol. The van der Waals surface area contributed by atoms with Crippen molar-refractivity contribution in [2.45, 2.75) is 71.6 Å². The average Bonchev–Trinajstić information content (AvgIpc) is 3.00. The van der Waals surface area contributed by atoms with Crippen molar-refractivity contribution >= 4 is 11.9 Å². The van der Waals surface area contributed by atoms with Gasteiger partial charge in [0.1, 0.15) is 6.17 Å². The van der Waals surface area contributed by atoms with E-state index in [4.69, 9.17) is 0 Å². The SMILES string of the molecule is C=C1[C@H](CC(C)C)N2C(=O)CN(C)N(C(=O)NCc3ccccc3)C2CN1CCC(C(/C=C\CC)=C/C)c1ccccc1. The van der Waals surface area contributed by atoms with Gasteiger partial charge in [-0.2, -0.15) is 0 Å². The van der Waals surface area contributed by atoms with Crippen LogP contribution in [0.4, 0.5) is 4.79 Å². The van der Waals surface area contributed by atoms with E-state index in [2.05, 4.69) is 93.1 Å². The number of benzene rings is 2. The van der Waals surface area contributed by atoms with E-state index in [0.717, 1.165) is 37.1 Å². The van der Waals surface area contributed by atoms with E-state index in [-0.39, 0.29) is 30.4 Å². The van der Waals surface area contributed by atoms with Crippen molar-refractivity contribution in [1.29, 1.82) is 0 Å². The van der Waals surface area contributed by atoms with E-state index in [1.807, 2.05) is 42.3 Å². The Morgan fingerprint density at radius 2 is 1.77 bits per heavy atom. The van der Waals surface area contributed by atoms with Crippen molar-refractivity contribution < 1.29 is 9.59 Å². The number of likely N-dealkylation sites (N-methyl/N-ethyl adjacent to an activating group) is 1. The highest BCUT2D eigenvalue weighted by molar-refractivity contribution is 5.83. The van der Waals surface area contributed by atoms with Crippen LogP contribution in [0.1, 0.15) is 64.0 Å². The minimum Gasteiger partial charge on any atom is -0.370 e. The second-order valence-corrected chi connectivity index (χ2v) is 12.0. The van der Waals surface area contributed by atoms with Crippen molar-refractivity contribution in [2.75, 3.05) is 26.7 Å². The Balaban J connectivity index is 1.61. The topological polar surface area (TPSA) is 59.1 Å². The molecule has 7 nitrogen and oxygen atoms in total. The molecule has 0 spiro atoms. The highest BCUT2D eigenvalue weighted by Gasteiger charge is 2.48. The van der Waals surface area contributed by atoms with Crippen molar-refractivity contribution in [3.05, 3.63) is 108 Å². The van der Waals surface area contributed by atoms with Crippen LogP contribution >= 0.6 is 0 Å². The van der Waals surface area contributed by atoms with E-state index in [1.54, 1.807) is 10.0 Å². The van der Waals surface area contributed by atoms with Gasteiger partial charge < -0.3 is 15.1 Å². The van der Waals surface area contributed by atoms with Gasteiger partial charge in [-0.25, -0.2) is 14.8 Å². The molecule has 2 unspecified atom stereocenters. The van der Waals surface area contributed by atoms with Crippen LogP contribution in [0.25, 0.3) is 0 Å². The minimum absolute atomic E-state index is 0.0362. The molecule has 2 aromatic rings. The van der Waals surface area contributed by atoms with Crippen molar-refractivity contribution in [3.8, 4) is 0 Å². The van der Waals surface area contributed by atoms with Gasteiger partial charge in [0.25, 0.3) is 0 Å². The zero-order valence-corrected chi connectivity index (χ0v) is 26.6. The molecule has 43 heavy (non-hydrogen) atoms. The van der Waals surface area contributed by atoms with Gasteiger partial charge in [0.15, 0.2) is 0 Å². The number of urea groups is 1. The van der Waals surface area contributed by atoms with Crippen LogP contribution in [0.5, 0.6) is 0 Å². The molecule has 2 fully saturated rings. The summed E-state index contributed by atoms with van der Waals surface area (Å²) < 4.78 is 0. The van der Waals surface area contributed by atoms with Gasteiger partial charge in [0.2, 0.25) is 5.91 Å². The Labute approximate surface area is 258 Å². The second kappa shape index (κ2) is 15.1. The van der Waals surface area contributed by atoms with Crippen LogP contribution in [-0.2, 0) is 11.3 Å². The number of piperazine rings is 1. The summed E-state index contributed by atoms with van der Waals surface area (Å²) in [6.07, 6.45) is 8.93. The summed E-state index contributed by atoms with van der Waals surface area (Å²) in [6.45, 7) is 15.0. The van der Waals surface area contributed by atoms with Gasteiger partial charge in [-0.05, 0) is 48.8 Å². The fourth-order valence-electron chi connectivity index (χ4n) is 6.34. The molecule has 0 bridgehead atoms. The number of nitrogens with one attached hydrogen (secondary N) is 1. The number of allylic oxidation sites excluding steroid dienone is 4. The summed E-state index contributed by atoms with van der Waals surface area (Å²) in [6, 6.07) is 20.2. The minimum atomic E-state index is -0.423. The van der Waals surface area contributed by atoms with Crippen molar-refractivity contribution in [1.82, 2.24) is 25.1 Å². The molecule has 2 aromatic carbocycles. The third-order valence-corrected chi connectivity index (χ3v) is 8.49. The number of fused-ring (bicyclic) bond motifs is 1. The van der Waals surface area contributed by atoms with Crippen molar-refractivity contribution in [3.63, 3.8) is 0 Å². The lowest BCUT2D eigenvalue weighted by molar-refractivity contribution is -0.175. The van der Waals surface area contributed by atoms with Crippen LogP contribution in [0.3, 0.4) is 0 Å². The van der Waals surface area contributed by atoms with Gasteiger partial charge in [-0.3, -0.25) is 4.79 Å². The Bertz CT molecular complexity index is 1290. The van der Waals surface area contributed by atoms with E-state index < -0.39 is 6.17 Å². The fourth-order valence-corrected chi connectivity index (χ4v) is 6.34. The molecule has 0 radical (unpaired) electrons. The van der Waals surface area contributed by atoms with E-state index in [9.17, 15) is 9.59 Å². The maximum Gasteiger partial charge on any atom is 0.334 e. The molecule has 1 N–H and O–H groups in total. The summed E-state index contributed by atoms with van der Waals surface area (Å²) in [4.78, 5) is 31.5. The first kappa shape index (κ1) is 32.1. The molecule has 2 aliphatic heterocycles. The zero-order valence-electron chi connectivity index (χ0n) is 26.6.